The third kappa shape index (κ3) is 3.68. The molecule has 0 saturated carbocycles. The second kappa shape index (κ2) is 8.17. The summed E-state index contributed by atoms with van der Waals surface area (Å²) in [7, 11) is 3.41. The molecule has 0 radical (unpaired) electrons. The van der Waals surface area contributed by atoms with Gasteiger partial charge in [0.15, 0.2) is 0 Å². The van der Waals surface area contributed by atoms with E-state index in [1.54, 1.807) is 55.4 Å². The molecule has 0 atom stereocenters. The van der Waals surface area contributed by atoms with Crippen LogP contribution in [0.5, 0.6) is 0 Å². The highest BCUT2D eigenvalue weighted by Crippen LogP contribution is 2.31. The van der Waals surface area contributed by atoms with Gasteiger partial charge in [0.25, 0.3) is 5.69 Å². The van der Waals surface area contributed by atoms with Crippen LogP contribution in [-0.2, 0) is 0 Å². The van der Waals surface area contributed by atoms with E-state index in [-0.39, 0.29) is 28.3 Å². The van der Waals surface area contributed by atoms with Crippen molar-refractivity contribution >= 4 is 28.8 Å². The Bertz CT molecular complexity index is 1230. The molecule has 9 nitrogen and oxygen atoms in total. The average Bonchev–Trinajstić information content (AvgIpc) is 3.08. The molecule has 0 aliphatic heterocycles. The summed E-state index contributed by atoms with van der Waals surface area (Å²) in [6, 6.07) is 17.6. The van der Waals surface area contributed by atoms with Gasteiger partial charge >= 0.3 is 0 Å². The number of nitro groups is 1. The van der Waals surface area contributed by atoms with Gasteiger partial charge < -0.3 is 10.6 Å². The van der Waals surface area contributed by atoms with Gasteiger partial charge in [-0.25, -0.2) is 4.68 Å². The Morgan fingerprint density at radius 2 is 1.93 bits per heavy atom. The molecular weight excluding hydrogens is 382 g/mol. The molecule has 3 rings (SSSR count). The average molecular weight is 399 g/mol. The maximum absolute atomic E-state index is 11.4. The fourth-order valence-electron chi connectivity index (χ4n) is 2.97. The quantitative estimate of drug-likeness (QED) is 0.394. The lowest BCUT2D eigenvalue weighted by molar-refractivity contribution is -0.384. The van der Waals surface area contributed by atoms with Gasteiger partial charge in [-0.2, -0.15) is 15.6 Å². The Hall–Kier alpha value is -4.63. The third-order valence-electron chi connectivity index (χ3n) is 4.40. The number of aromatic nitrogens is 2. The maximum Gasteiger partial charge on any atom is 0.293 e. The number of nitro benzene ring substituents is 1. The summed E-state index contributed by atoms with van der Waals surface area (Å²) in [5.74, 6) is 0.105. The number of nitrogens with two attached hydrogens (primary N) is 1. The SMILES string of the molecule is CN(C)c1ccc(/C=C(\C#N)c2nn(-c3ccccc3)c(N)c2C#N)cc1[N+](=O)[O-]. The van der Waals surface area contributed by atoms with E-state index in [4.69, 9.17) is 5.73 Å². The standard InChI is InChI=1S/C21H17N7O2/c1-26(2)18-9-8-14(11-19(18)28(29)30)10-15(12-22)20-17(13-23)21(24)27(25-20)16-6-4-3-5-7-16/h3-11H,24H2,1-2H3/b15-10+. The number of nitrogen functional groups attached to an aromatic ring is 1. The van der Waals surface area contributed by atoms with Crippen molar-refractivity contribution in [3.05, 3.63) is 75.5 Å². The number of rotatable bonds is 5. The van der Waals surface area contributed by atoms with Crippen LogP contribution < -0.4 is 10.6 Å². The number of nitrogens with zero attached hydrogens (tertiary/aromatic N) is 6. The molecule has 3 aromatic rings. The Labute approximate surface area is 172 Å². The van der Waals surface area contributed by atoms with Gasteiger partial charge in [0.2, 0.25) is 0 Å². The summed E-state index contributed by atoms with van der Waals surface area (Å²) in [6.45, 7) is 0. The molecule has 0 bridgehead atoms. The van der Waals surface area contributed by atoms with E-state index in [1.165, 1.54) is 16.8 Å². The number of anilines is 2. The van der Waals surface area contributed by atoms with Crippen molar-refractivity contribution in [3.8, 4) is 17.8 Å². The molecule has 1 aromatic heterocycles. The normalized spacial score (nSPS) is 10.9. The molecular formula is C21H17N7O2. The van der Waals surface area contributed by atoms with E-state index in [2.05, 4.69) is 5.10 Å². The fraction of sp³-hybridized carbons (Fsp3) is 0.0952. The first kappa shape index (κ1) is 20.1. The lowest BCUT2D eigenvalue weighted by Gasteiger charge is -2.12. The molecule has 30 heavy (non-hydrogen) atoms. The Morgan fingerprint density at radius 1 is 1.23 bits per heavy atom. The van der Waals surface area contributed by atoms with Crippen molar-refractivity contribution < 1.29 is 4.92 Å². The summed E-state index contributed by atoms with van der Waals surface area (Å²) >= 11 is 0. The molecule has 148 valence electrons. The zero-order chi connectivity index (χ0) is 21.8. The number of para-hydroxylation sites is 1. The number of nitriles is 2. The van der Waals surface area contributed by atoms with Crippen LogP contribution in [0.1, 0.15) is 16.8 Å². The highest BCUT2D eigenvalue weighted by molar-refractivity contribution is 5.92. The summed E-state index contributed by atoms with van der Waals surface area (Å²) in [6.07, 6.45) is 1.45. The van der Waals surface area contributed by atoms with Gasteiger partial charge in [-0.05, 0) is 29.8 Å². The van der Waals surface area contributed by atoms with E-state index in [0.29, 0.717) is 16.9 Å². The molecule has 0 saturated heterocycles. The van der Waals surface area contributed by atoms with Gasteiger partial charge in [-0.1, -0.05) is 24.3 Å². The lowest BCUT2D eigenvalue weighted by Crippen LogP contribution is -2.11. The second-order valence-corrected chi connectivity index (χ2v) is 6.54. The third-order valence-corrected chi connectivity index (χ3v) is 4.40. The van der Waals surface area contributed by atoms with Gasteiger partial charge in [0, 0.05) is 20.2 Å². The lowest BCUT2D eigenvalue weighted by atomic mass is 10.0. The van der Waals surface area contributed by atoms with Crippen LogP contribution in [0.3, 0.4) is 0 Å². The van der Waals surface area contributed by atoms with Crippen LogP contribution in [0.4, 0.5) is 17.2 Å². The maximum atomic E-state index is 11.4. The largest absolute Gasteiger partial charge is 0.382 e. The molecule has 0 unspecified atom stereocenters. The minimum Gasteiger partial charge on any atom is -0.382 e. The van der Waals surface area contributed by atoms with Crippen molar-refractivity contribution in [1.29, 1.82) is 10.5 Å². The van der Waals surface area contributed by atoms with Gasteiger partial charge in [0.1, 0.15) is 34.9 Å². The van der Waals surface area contributed by atoms with Gasteiger partial charge in [-0.3, -0.25) is 10.1 Å². The molecule has 0 aliphatic rings. The Morgan fingerprint density at radius 3 is 2.50 bits per heavy atom. The molecule has 0 spiro atoms. The minimum absolute atomic E-state index is 0.0612. The predicted octanol–water partition coefficient (Wildman–Crippen LogP) is 3.36. The van der Waals surface area contributed by atoms with Crippen LogP contribution in [-0.4, -0.2) is 28.8 Å². The van der Waals surface area contributed by atoms with E-state index in [1.807, 2.05) is 18.2 Å². The van der Waals surface area contributed by atoms with Crippen molar-refractivity contribution in [1.82, 2.24) is 9.78 Å². The number of hydrogen-bond acceptors (Lipinski definition) is 7. The smallest absolute Gasteiger partial charge is 0.293 e. The van der Waals surface area contributed by atoms with Crippen molar-refractivity contribution in [2.45, 2.75) is 0 Å². The van der Waals surface area contributed by atoms with Gasteiger partial charge in [-0.15, -0.1) is 0 Å². The fourth-order valence-corrected chi connectivity index (χ4v) is 2.97. The van der Waals surface area contributed by atoms with Crippen LogP contribution >= 0.6 is 0 Å². The van der Waals surface area contributed by atoms with Crippen LogP contribution in [0.25, 0.3) is 17.3 Å². The van der Waals surface area contributed by atoms with E-state index in [9.17, 15) is 20.6 Å². The molecule has 0 aliphatic carbocycles. The van der Waals surface area contributed by atoms with Crippen molar-refractivity contribution in [3.63, 3.8) is 0 Å². The molecule has 1 heterocycles. The Kier molecular flexibility index (Phi) is 5.48. The molecule has 2 N–H and O–H groups in total. The Balaban J connectivity index is 2.15. The monoisotopic (exact) mass is 399 g/mol. The molecule has 2 aromatic carbocycles. The van der Waals surface area contributed by atoms with E-state index < -0.39 is 4.92 Å². The first-order chi connectivity index (χ1) is 14.4. The number of hydrogen-bond donors (Lipinski definition) is 1. The highest BCUT2D eigenvalue weighted by atomic mass is 16.6. The summed E-state index contributed by atoms with van der Waals surface area (Å²) in [5.41, 5.74) is 7.75. The summed E-state index contributed by atoms with van der Waals surface area (Å²) in [5, 5.41) is 35.0. The van der Waals surface area contributed by atoms with Crippen LogP contribution in [0.2, 0.25) is 0 Å². The second-order valence-electron chi connectivity index (χ2n) is 6.54. The molecule has 9 heteroatoms. The summed E-state index contributed by atoms with van der Waals surface area (Å²) in [4.78, 5) is 12.6. The van der Waals surface area contributed by atoms with E-state index >= 15 is 0 Å². The van der Waals surface area contributed by atoms with Crippen LogP contribution in [0.15, 0.2) is 48.5 Å². The van der Waals surface area contributed by atoms with Crippen LogP contribution in [0, 0.1) is 32.8 Å². The zero-order valence-corrected chi connectivity index (χ0v) is 16.3. The molecule has 0 amide bonds. The van der Waals surface area contributed by atoms with Crippen molar-refractivity contribution in [2.75, 3.05) is 24.7 Å². The molecule has 0 fully saturated rings. The summed E-state index contributed by atoms with van der Waals surface area (Å²) < 4.78 is 1.39. The predicted molar refractivity (Wildman–Crippen MR) is 114 cm³/mol. The van der Waals surface area contributed by atoms with E-state index in [0.717, 1.165) is 0 Å². The topological polar surface area (TPSA) is 138 Å². The first-order valence-electron chi connectivity index (χ1n) is 8.79. The number of allylic oxidation sites excluding steroid dienone is 1. The van der Waals surface area contributed by atoms with Gasteiger partial charge in [0.05, 0.1) is 16.2 Å². The first-order valence-corrected chi connectivity index (χ1v) is 8.79. The minimum atomic E-state index is -0.485. The number of benzene rings is 2. The zero-order valence-electron chi connectivity index (χ0n) is 16.3. The van der Waals surface area contributed by atoms with Crippen molar-refractivity contribution in [2.24, 2.45) is 0 Å². The highest BCUT2D eigenvalue weighted by Gasteiger charge is 2.21.